The van der Waals surface area contributed by atoms with Gasteiger partial charge in [0.2, 0.25) is 0 Å². The van der Waals surface area contributed by atoms with Gasteiger partial charge in [0, 0.05) is 30.8 Å². The van der Waals surface area contributed by atoms with E-state index in [0.29, 0.717) is 24.0 Å². The number of hydrogen-bond acceptors (Lipinski definition) is 3. The van der Waals surface area contributed by atoms with Crippen molar-refractivity contribution in [1.29, 1.82) is 0 Å². The van der Waals surface area contributed by atoms with Crippen molar-refractivity contribution in [1.82, 2.24) is 15.5 Å². The minimum Gasteiger partial charge on any atom is -0.349 e. The summed E-state index contributed by atoms with van der Waals surface area (Å²) in [6.07, 6.45) is 5.04. The van der Waals surface area contributed by atoms with Crippen LogP contribution in [0.15, 0.2) is 60.7 Å². The van der Waals surface area contributed by atoms with Crippen molar-refractivity contribution in [3.05, 3.63) is 106 Å². The monoisotopic (exact) mass is 563 g/mol. The minimum atomic E-state index is -0.604. The Bertz CT molecular complexity index is 1220. The first kappa shape index (κ1) is 32.4. The lowest BCUT2D eigenvalue weighted by atomic mass is 10.00. The van der Waals surface area contributed by atoms with Gasteiger partial charge < -0.3 is 10.6 Å². The van der Waals surface area contributed by atoms with E-state index < -0.39 is 11.6 Å². The molecule has 0 radical (unpaired) electrons. The van der Waals surface area contributed by atoms with Crippen LogP contribution in [0.4, 0.5) is 8.78 Å². The van der Waals surface area contributed by atoms with Gasteiger partial charge in [-0.05, 0) is 112 Å². The molecule has 0 unspecified atom stereocenters. The second-order valence-electron chi connectivity index (χ2n) is 11.1. The van der Waals surface area contributed by atoms with Crippen LogP contribution in [0.3, 0.4) is 0 Å². The summed E-state index contributed by atoms with van der Waals surface area (Å²) in [5.74, 6) is -1.36. The fourth-order valence-corrected chi connectivity index (χ4v) is 5.42. The van der Waals surface area contributed by atoms with E-state index in [4.69, 9.17) is 0 Å². The average molecular weight is 564 g/mol. The Morgan fingerprint density at radius 1 is 0.854 bits per heavy atom. The molecule has 0 aromatic heterocycles. The molecule has 0 heterocycles. The van der Waals surface area contributed by atoms with Gasteiger partial charge in [-0.25, -0.2) is 8.78 Å². The molecule has 1 amide bonds. The van der Waals surface area contributed by atoms with Crippen LogP contribution >= 0.6 is 0 Å². The maximum Gasteiger partial charge on any atom is 0.251 e. The molecule has 41 heavy (non-hydrogen) atoms. The van der Waals surface area contributed by atoms with E-state index >= 15 is 0 Å². The minimum absolute atomic E-state index is 0.154. The molecule has 0 aliphatic carbocycles. The molecule has 0 aliphatic rings. The summed E-state index contributed by atoms with van der Waals surface area (Å²) >= 11 is 0. The fraction of sp³-hybridized carbons (Fsp3) is 0.457. The fourth-order valence-electron chi connectivity index (χ4n) is 5.42. The summed E-state index contributed by atoms with van der Waals surface area (Å²) in [6.45, 7) is 12.9. The van der Waals surface area contributed by atoms with Gasteiger partial charge in [0.1, 0.15) is 11.6 Å². The zero-order chi connectivity index (χ0) is 29.6. The van der Waals surface area contributed by atoms with E-state index in [1.165, 1.54) is 23.3 Å². The van der Waals surface area contributed by atoms with Gasteiger partial charge in [-0.2, -0.15) is 0 Å². The summed E-state index contributed by atoms with van der Waals surface area (Å²) in [6, 6.07) is 17.9. The van der Waals surface area contributed by atoms with Gasteiger partial charge in [-0.15, -0.1) is 0 Å². The van der Waals surface area contributed by atoms with Crippen LogP contribution in [0.5, 0.6) is 0 Å². The Morgan fingerprint density at radius 2 is 1.56 bits per heavy atom. The number of carbonyl (C=O) groups excluding carboxylic acids is 1. The van der Waals surface area contributed by atoms with E-state index in [0.717, 1.165) is 75.6 Å². The number of aryl methyl sites for hydroxylation is 2. The Kier molecular flexibility index (Phi) is 13.4. The van der Waals surface area contributed by atoms with Crippen LogP contribution in [0.25, 0.3) is 0 Å². The number of nitrogens with zero attached hydrogens (tertiary/aromatic N) is 1. The molecule has 0 bridgehead atoms. The Morgan fingerprint density at radius 3 is 2.24 bits per heavy atom. The van der Waals surface area contributed by atoms with Crippen LogP contribution in [-0.4, -0.2) is 36.5 Å². The highest BCUT2D eigenvalue weighted by atomic mass is 19.1. The Hall–Kier alpha value is -3.09. The van der Waals surface area contributed by atoms with Gasteiger partial charge >= 0.3 is 0 Å². The summed E-state index contributed by atoms with van der Waals surface area (Å²) in [7, 11) is 0. The number of carbonyl (C=O) groups is 1. The molecule has 1 atom stereocenters. The van der Waals surface area contributed by atoms with Gasteiger partial charge in [-0.1, -0.05) is 56.7 Å². The summed E-state index contributed by atoms with van der Waals surface area (Å²) in [4.78, 5) is 15.9. The zero-order valence-electron chi connectivity index (χ0n) is 25.2. The van der Waals surface area contributed by atoms with Crippen LogP contribution in [0.1, 0.15) is 84.6 Å². The van der Waals surface area contributed by atoms with Crippen molar-refractivity contribution >= 4 is 5.91 Å². The van der Waals surface area contributed by atoms with Crippen molar-refractivity contribution < 1.29 is 13.6 Å². The molecule has 0 aliphatic heterocycles. The molecule has 3 rings (SSSR count). The molecule has 0 saturated heterocycles. The maximum atomic E-state index is 13.9. The summed E-state index contributed by atoms with van der Waals surface area (Å²) in [5.41, 5.74) is 5.89. The third-order valence-corrected chi connectivity index (χ3v) is 7.26. The predicted molar refractivity (Wildman–Crippen MR) is 165 cm³/mol. The van der Waals surface area contributed by atoms with Crippen LogP contribution in [0.2, 0.25) is 0 Å². The second kappa shape index (κ2) is 17.0. The standard InChI is InChI=1S/C35H47F2N3O/c1-5-14-40(15-6-2)25-30-16-26(4)17-31(19-30)35(41)39-34(22-29-20-32(36)23-33(37)21-29)12-9-13-38-24-28-11-8-10-27(7-3)18-28/h8,10-11,16-21,23,34,38H,5-7,9,12-15,22,24-25H2,1-4H3,(H,39,41)/t34-/m1/s1. The highest BCUT2D eigenvalue weighted by Gasteiger charge is 2.17. The van der Waals surface area contributed by atoms with Crippen LogP contribution < -0.4 is 10.6 Å². The van der Waals surface area contributed by atoms with Crippen LogP contribution in [-0.2, 0) is 25.9 Å². The maximum absolute atomic E-state index is 13.9. The van der Waals surface area contributed by atoms with E-state index in [9.17, 15) is 13.6 Å². The lowest BCUT2D eigenvalue weighted by molar-refractivity contribution is 0.0934. The molecule has 3 aromatic rings. The molecular weight excluding hydrogens is 516 g/mol. The van der Waals surface area contributed by atoms with E-state index in [1.807, 2.05) is 19.1 Å². The van der Waals surface area contributed by atoms with Crippen molar-refractivity contribution in [3.63, 3.8) is 0 Å². The Balaban J connectivity index is 1.67. The third kappa shape index (κ3) is 11.4. The second-order valence-corrected chi connectivity index (χ2v) is 11.1. The van der Waals surface area contributed by atoms with Crippen molar-refractivity contribution in [2.24, 2.45) is 0 Å². The van der Waals surface area contributed by atoms with Gasteiger partial charge in [0.15, 0.2) is 0 Å². The molecule has 6 heteroatoms. The molecule has 0 fully saturated rings. The molecule has 3 aromatic carbocycles. The lowest BCUT2D eigenvalue weighted by Gasteiger charge is -2.22. The summed E-state index contributed by atoms with van der Waals surface area (Å²) in [5, 5.41) is 6.67. The van der Waals surface area contributed by atoms with Gasteiger partial charge in [0.25, 0.3) is 5.91 Å². The van der Waals surface area contributed by atoms with E-state index in [-0.39, 0.29) is 11.9 Å². The highest BCUT2D eigenvalue weighted by Crippen LogP contribution is 2.16. The van der Waals surface area contributed by atoms with E-state index in [2.05, 4.69) is 66.6 Å². The average Bonchev–Trinajstić information content (AvgIpc) is 2.92. The highest BCUT2D eigenvalue weighted by molar-refractivity contribution is 5.94. The zero-order valence-corrected chi connectivity index (χ0v) is 25.2. The molecule has 4 nitrogen and oxygen atoms in total. The molecule has 2 N–H and O–H groups in total. The SMILES string of the molecule is CCCN(CCC)Cc1cc(C)cc(C(=O)N[C@H](CCCNCc2cccc(CC)c2)Cc2cc(F)cc(F)c2)c1. The number of halogens is 2. The molecule has 0 spiro atoms. The number of hydrogen-bond donors (Lipinski definition) is 2. The molecule has 0 saturated carbocycles. The van der Waals surface area contributed by atoms with Crippen molar-refractivity contribution in [3.8, 4) is 0 Å². The number of nitrogens with one attached hydrogen (secondary N) is 2. The molecule has 222 valence electrons. The van der Waals surface area contributed by atoms with E-state index in [1.54, 1.807) is 0 Å². The molecular formula is C35H47F2N3O. The van der Waals surface area contributed by atoms with Gasteiger partial charge in [0.05, 0.1) is 0 Å². The smallest absolute Gasteiger partial charge is 0.251 e. The Labute approximate surface area is 245 Å². The topological polar surface area (TPSA) is 44.4 Å². The van der Waals surface area contributed by atoms with Crippen LogP contribution in [0, 0.1) is 18.6 Å². The number of benzene rings is 3. The third-order valence-electron chi connectivity index (χ3n) is 7.26. The van der Waals surface area contributed by atoms with Crippen molar-refractivity contribution in [2.45, 2.75) is 85.4 Å². The first-order valence-corrected chi connectivity index (χ1v) is 15.2. The number of rotatable bonds is 17. The van der Waals surface area contributed by atoms with Gasteiger partial charge in [-0.3, -0.25) is 9.69 Å². The quantitative estimate of drug-likeness (QED) is 0.169. The predicted octanol–water partition coefficient (Wildman–Crippen LogP) is 7.37. The first-order valence-electron chi connectivity index (χ1n) is 15.2. The summed E-state index contributed by atoms with van der Waals surface area (Å²) < 4.78 is 27.9. The lowest BCUT2D eigenvalue weighted by Crippen LogP contribution is -2.37. The van der Waals surface area contributed by atoms with Crippen molar-refractivity contribution in [2.75, 3.05) is 19.6 Å². The largest absolute Gasteiger partial charge is 0.349 e. The normalized spacial score (nSPS) is 12.1. The first-order chi connectivity index (χ1) is 19.8. The number of amides is 1.